The minimum absolute atomic E-state index is 0.0338. The molecule has 0 aromatic heterocycles. The van der Waals surface area contributed by atoms with E-state index in [-0.39, 0.29) is 11.9 Å². The Morgan fingerprint density at radius 1 is 1.26 bits per heavy atom. The second-order valence-electron chi connectivity index (χ2n) is 5.04. The van der Waals surface area contributed by atoms with Crippen LogP contribution in [0.5, 0.6) is 0 Å². The molecule has 0 saturated carbocycles. The number of hydrogen-bond donors (Lipinski definition) is 2. The first kappa shape index (κ1) is 16.1. The zero-order chi connectivity index (χ0) is 14.3. The van der Waals surface area contributed by atoms with Gasteiger partial charge in [0.05, 0.1) is 11.9 Å². The third kappa shape index (κ3) is 6.12. The predicted molar refractivity (Wildman–Crippen MR) is 81.2 cm³/mol. The molecule has 0 heterocycles. The second kappa shape index (κ2) is 8.23. The van der Waals surface area contributed by atoms with Crippen LogP contribution in [0.3, 0.4) is 0 Å². The average Bonchev–Trinajstić information content (AvgIpc) is 2.39. The van der Waals surface area contributed by atoms with E-state index in [2.05, 4.69) is 19.2 Å². The molecule has 1 amide bonds. The van der Waals surface area contributed by atoms with Crippen LogP contribution >= 0.6 is 11.8 Å². The maximum atomic E-state index is 11.7. The van der Waals surface area contributed by atoms with Crippen molar-refractivity contribution in [3.05, 3.63) is 35.9 Å². The molecule has 2 unspecified atom stereocenters. The molecule has 0 bridgehead atoms. The minimum atomic E-state index is -0.512. The van der Waals surface area contributed by atoms with Crippen LogP contribution in [0.25, 0.3) is 0 Å². The summed E-state index contributed by atoms with van der Waals surface area (Å²) in [4.78, 5) is 11.7. The Hall–Kier alpha value is -1.00. The fourth-order valence-corrected chi connectivity index (χ4v) is 2.30. The molecule has 19 heavy (non-hydrogen) atoms. The summed E-state index contributed by atoms with van der Waals surface area (Å²) in [6.07, 6.45) is -0.512. The molecule has 0 aliphatic carbocycles. The Bertz CT molecular complexity index is 381. The molecule has 2 N–H and O–H groups in total. The van der Waals surface area contributed by atoms with E-state index < -0.39 is 6.10 Å². The average molecular weight is 281 g/mol. The van der Waals surface area contributed by atoms with Crippen LogP contribution in [0, 0.1) is 5.92 Å². The van der Waals surface area contributed by atoms with Crippen LogP contribution in [-0.2, 0) is 4.79 Å². The molecule has 1 rings (SSSR count). The van der Waals surface area contributed by atoms with Gasteiger partial charge >= 0.3 is 0 Å². The van der Waals surface area contributed by atoms with Gasteiger partial charge in [0.2, 0.25) is 5.91 Å². The van der Waals surface area contributed by atoms with Gasteiger partial charge in [-0.3, -0.25) is 4.79 Å². The van der Waals surface area contributed by atoms with E-state index in [0.717, 1.165) is 5.56 Å². The SMILES string of the molecule is CC(C)C(C)NC(=O)CSCC(O)c1ccccc1. The zero-order valence-corrected chi connectivity index (χ0v) is 12.6. The van der Waals surface area contributed by atoms with Gasteiger partial charge in [0.25, 0.3) is 0 Å². The summed E-state index contributed by atoms with van der Waals surface area (Å²) in [6.45, 7) is 6.17. The van der Waals surface area contributed by atoms with Gasteiger partial charge < -0.3 is 10.4 Å². The number of benzene rings is 1. The van der Waals surface area contributed by atoms with Crippen molar-refractivity contribution in [3.63, 3.8) is 0 Å². The fourth-order valence-electron chi connectivity index (χ4n) is 1.50. The topological polar surface area (TPSA) is 49.3 Å². The van der Waals surface area contributed by atoms with Crippen molar-refractivity contribution in [1.82, 2.24) is 5.32 Å². The van der Waals surface area contributed by atoms with E-state index in [1.54, 1.807) is 0 Å². The summed E-state index contributed by atoms with van der Waals surface area (Å²) in [7, 11) is 0. The minimum Gasteiger partial charge on any atom is -0.388 e. The smallest absolute Gasteiger partial charge is 0.230 e. The summed E-state index contributed by atoms with van der Waals surface area (Å²) in [5.41, 5.74) is 0.894. The van der Waals surface area contributed by atoms with E-state index >= 15 is 0 Å². The summed E-state index contributed by atoms with van der Waals surface area (Å²) in [5.74, 6) is 1.39. The van der Waals surface area contributed by atoms with Gasteiger partial charge in [-0.2, -0.15) is 0 Å². The number of carbonyl (C=O) groups excluding carboxylic acids is 1. The van der Waals surface area contributed by atoms with Crippen LogP contribution < -0.4 is 5.32 Å². The van der Waals surface area contributed by atoms with Crippen molar-refractivity contribution in [3.8, 4) is 0 Å². The highest BCUT2D eigenvalue weighted by Crippen LogP contribution is 2.17. The molecule has 106 valence electrons. The molecule has 0 aliphatic rings. The van der Waals surface area contributed by atoms with Crippen molar-refractivity contribution in [2.45, 2.75) is 32.9 Å². The third-order valence-corrected chi connectivity index (χ3v) is 4.10. The van der Waals surface area contributed by atoms with E-state index in [9.17, 15) is 9.90 Å². The molecule has 3 nitrogen and oxygen atoms in total. The predicted octanol–water partition coefficient (Wildman–Crippen LogP) is 2.61. The summed E-state index contributed by atoms with van der Waals surface area (Å²) >= 11 is 1.46. The quantitative estimate of drug-likeness (QED) is 0.807. The van der Waals surface area contributed by atoms with Gasteiger partial charge in [-0.25, -0.2) is 0 Å². The summed E-state index contributed by atoms with van der Waals surface area (Å²) in [6, 6.07) is 9.70. The van der Waals surface area contributed by atoms with Crippen LogP contribution in [0.4, 0.5) is 0 Å². The Morgan fingerprint density at radius 2 is 1.89 bits per heavy atom. The summed E-state index contributed by atoms with van der Waals surface area (Å²) in [5, 5.41) is 12.9. The monoisotopic (exact) mass is 281 g/mol. The fraction of sp³-hybridized carbons (Fsp3) is 0.533. The maximum Gasteiger partial charge on any atom is 0.230 e. The molecule has 0 aliphatic heterocycles. The Labute approximate surface area is 119 Å². The molecule has 0 radical (unpaired) electrons. The molecule has 4 heteroatoms. The van der Waals surface area contributed by atoms with Gasteiger partial charge in [0, 0.05) is 11.8 Å². The van der Waals surface area contributed by atoms with Crippen LogP contribution in [-0.4, -0.2) is 28.6 Å². The van der Waals surface area contributed by atoms with Crippen molar-refractivity contribution in [1.29, 1.82) is 0 Å². The van der Waals surface area contributed by atoms with Crippen LogP contribution in [0.15, 0.2) is 30.3 Å². The zero-order valence-electron chi connectivity index (χ0n) is 11.8. The first-order valence-corrected chi connectivity index (χ1v) is 7.76. The second-order valence-corrected chi connectivity index (χ2v) is 6.07. The Morgan fingerprint density at radius 3 is 2.47 bits per heavy atom. The van der Waals surface area contributed by atoms with Gasteiger partial charge in [0.15, 0.2) is 0 Å². The standard InChI is InChI=1S/C15H23NO2S/c1-11(2)12(3)16-15(18)10-19-9-14(17)13-7-5-4-6-8-13/h4-8,11-12,14,17H,9-10H2,1-3H3,(H,16,18). The number of amides is 1. The van der Waals surface area contributed by atoms with Gasteiger partial charge in [0.1, 0.15) is 0 Å². The molecule has 1 aromatic carbocycles. The van der Waals surface area contributed by atoms with Crippen molar-refractivity contribution in [2.24, 2.45) is 5.92 Å². The largest absolute Gasteiger partial charge is 0.388 e. The molecular formula is C15H23NO2S. The number of hydrogen-bond acceptors (Lipinski definition) is 3. The highest BCUT2D eigenvalue weighted by atomic mass is 32.2. The van der Waals surface area contributed by atoms with Crippen molar-refractivity contribution >= 4 is 17.7 Å². The highest BCUT2D eigenvalue weighted by molar-refractivity contribution is 7.99. The maximum absolute atomic E-state index is 11.7. The first-order chi connectivity index (χ1) is 9.00. The van der Waals surface area contributed by atoms with Crippen LogP contribution in [0.1, 0.15) is 32.4 Å². The Kier molecular flexibility index (Phi) is 6.95. The van der Waals surface area contributed by atoms with E-state index in [1.807, 2.05) is 37.3 Å². The van der Waals surface area contributed by atoms with E-state index in [1.165, 1.54) is 11.8 Å². The normalized spacial score (nSPS) is 14.2. The lowest BCUT2D eigenvalue weighted by atomic mass is 10.1. The summed E-state index contributed by atoms with van der Waals surface area (Å²) < 4.78 is 0. The molecule has 0 fully saturated rings. The number of thioether (sulfide) groups is 1. The number of carbonyl (C=O) groups is 1. The van der Waals surface area contributed by atoms with Crippen LogP contribution in [0.2, 0.25) is 0 Å². The van der Waals surface area contributed by atoms with E-state index in [4.69, 9.17) is 0 Å². The van der Waals surface area contributed by atoms with Crippen molar-refractivity contribution in [2.75, 3.05) is 11.5 Å². The Balaban J connectivity index is 2.25. The lowest BCUT2D eigenvalue weighted by molar-refractivity contribution is -0.119. The number of aliphatic hydroxyl groups is 1. The number of rotatable bonds is 7. The molecule has 1 aromatic rings. The number of nitrogens with one attached hydrogen (secondary N) is 1. The van der Waals surface area contributed by atoms with E-state index in [0.29, 0.717) is 17.4 Å². The highest BCUT2D eigenvalue weighted by Gasteiger charge is 2.12. The van der Waals surface area contributed by atoms with Crippen molar-refractivity contribution < 1.29 is 9.90 Å². The van der Waals surface area contributed by atoms with Gasteiger partial charge in [-0.05, 0) is 18.4 Å². The van der Waals surface area contributed by atoms with Gasteiger partial charge in [-0.1, -0.05) is 44.2 Å². The molecular weight excluding hydrogens is 258 g/mol. The molecule has 0 saturated heterocycles. The molecule has 2 atom stereocenters. The third-order valence-electron chi connectivity index (χ3n) is 3.08. The van der Waals surface area contributed by atoms with Gasteiger partial charge in [-0.15, -0.1) is 11.8 Å². The lowest BCUT2D eigenvalue weighted by Gasteiger charge is -2.17. The molecule has 0 spiro atoms. The number of aliphatic hydroxyl groups excluding tert-OH is 1. The first-order valence-electron chi connectivity index (χ1n) is 6.60. The lowest BCUT2D eigenvalue weighted by Crippen LogP contribution is -2.37.